The molecule has 0 radical (unpaired) electrons. The van der Waals surface area contributed by atoms with Crippen molar-refractivity contribution >= 4 is 5.91 Å². The predicted octanol–water partition coefficient (Wildman–Crippen LogP) is 1.84. The molecule has 3 aromatic rings. The minimum atomic E-state index is -0.179. The number of benzene rings is 1. The van der Waals surface area contributed by atoms with E-state index in [1.807, 2.05) is 42.0 Å². The van der Waals surface area contributed by atoms with Crippen molar-refractivity contribution in [1.82, 2.24) is 24.4 Å². The minimum absolute atomic E-state index is 0.179. The lowest BCUT2D eigenvalue weighted by atomic mass is 10.2. The summed E-state index contributed by atoms with van der Waals surface area (Å²) in [6.45, 7) is 2.43. The van der Waals surface area contributed by atoms with Crippen molar-refractivity contribution in [1.29, 1.82) is 0 Å². The molecule has 0 bridgehead atoms. The van der Waals surface area contributed by atoms with E-state index in [9.17, 15) is 4.79 Å². The summed E-state index contributed by atoms with van der Waals surface area (Å²) >= 11 is 0. The highest BCUT2D eigenvalue weighted by molar-refractivity contribution is 5.90. The molecule has 6 heteroatoms. The van der Waals surface area contributed by atoms with Crippen LogP contribution in [0.1, 0.15) is 22.0 Å². The molecule has 0 aliphatic heterocycles. The molecule has 22 heavy (non-hydrogen) atoms. The molecule has 1 aromatic carbocycles. The first-order valence-corrected chi connectivity index (χ1v) is 7.00. The summed E-state index contributed by atoms with van der Waals surface area (Å²) in [7, 11) is 1.80. The summed E-state index contributed by atoms with van der Waals surface area (Å²) < 4.78 is 3.70. The Morgan fingerprint density at radius 2 is 1.86 bits per heavy atom. The van der Waals surface area contributed by atoms with Gasteiger partial charge >= 0.3 is 0 Å². The Labute approximate surface area is 128 Å². The van der Waals surface area contributed by atoms with Gasteiger partial charge in [-0.2, -0.15) is 0 Å². The molecule has 1 amide bonds. The molecule has 0 unspecified atom stereocenters. The van der Waals surface area contributed by atoms with Gasteiger partial charge in [0.05, 0.1) is 0 Å². The van der Waals surface area contributed by atoms with Gasteiger partial charge in [-0.25, -0.2) is 9.97 Å². The highest BCUT2D eigenvalue weighted by Crippen LogP contribution is 2.11. The second-order valence-electron chi connectivity index (χ2n) is 5.06. The minimum Gasteiger partial charge on any atom is -0.345 e. The van der Waals surface area contributed by atoms with Gasteiger partial charge in [0.25, 0.3) is 5.91 Å². The zero-order valence-electron chi connectivity index (χ0n) is 12.5. The van der Waals surface area contributed by atoms with Gasteiger partial charge in [-0.05, 0) is 24.6 Å². The molecule has 3 rings (SSSR count). The monoisotopic (exact) mass is 295 g/mol. The SMILES string of the molecule is Cc1nccn1-c1ccc(CNC(=O)c2nccn2C)cc1. The number of carbonyl (C=O) groups excluding carboxylic acids is 1. The lowest BCUT2D eigenvalue weighted by Crippen LogP contribution is -2.25. The van der Waals surface area contributed by atoms with E-state index >= 15 is 0 Å². The van der Waals surface area contributed by atoms with Crippen LogP contribution in [0.15, 0.2) is 49.1 Å². The average molecular weight is 295 g/mol. The van der Waals surface area contributed by atoms with Crippen LogP contribution in [0.25, 0.3) is 5.69 Å². The maximum absolute atomic E-state index is 12.0. The van der Waals surface area contributed by atoms with Gasteiger partial charge in [-0.1, -0.05) is 12.1 Å². The maximum atomic E-state index is 12.0. The summed E-state index contributed by atoms with van der Waals surface area (Å²) in [6.07, 6.45) is 7.05. The van der Waals surface area contributed by atoms with Crippen LogP contribution < -0.4 is 5.32 Å². The third kappa shape index (κ3) is 2.76. The van der Waals surface area contributed by atoms with E-state index in [0.29, 0.717) is 12.4 Å². The van der Waals surface area contributed by atoms with Crippen molar-refractivity contribution < 1.29 is 4.79 Å². The highest BCUT2D eigenvalue weighted by atomic mass is 16.2. The standard InChI is InChI=1S/C16H17N5O/c1-12-17-8-10-21(12)14-5-3-13(4-6-14)11-19-16(22)15-18-7-9-20(15)2/h3-10H,11H2,1-2H3,(H,19,22). The summed E-state index contributed by atoms with van der Waals surface area (Å²) in [4.78, 5) is 20.2. The van der Waals surface area contributed by atoms with E-state index in [2.05, 4.69) is 15.3 Å². The molecule has 0 aliphatic carbocycles. The fourth-order valence-corrected chi connectivity index (χ4v) is 2.27. The summed E-state index contributed by atoms with van der Waals surface area (Å²) in [5.74, 6) is 1.17. The van der Waals surface area contributed by atoms with Gasteiger partial charge in [0.15, 0.2) is 5.82 Å². The van der Waals surface area contributed by atoms with Crippen LogP contribution >= 0.6 is 0 Å². The van der Waals surface area contributed by atoms with Gasteiger partial charge < -0.3 is 14.5 Å². The second kappa shape index (κ2) is 5.85. The van der Waals surface area contributed by atoms with Gasteiger partial charge in [0.1, 0.15) is 5.82 Å². The summed E-state index contributed by atoms with van der Waals surface area (Å²) in [5, 5.41) is 2.87. The highest BCUT2D eigenvalue weighted by Gasteiger charge is 2.10. The van der Waals surface area contributed by atoms with Crippen molar-refractivity contribution in [2.45, 2.75) is 13.5 Å². The zero-order chi connectivity index (χ0) is 15.5. The van der Waals surface area contributed by atoms with Crippen LogP contribution in [-0.4, -0.2) is 25.0 Å². The van der Waals surface area contributed by atoms with Crippen LogP contribution in [0.5, 0.6) is 0 Å². The molecule has 0 atom stereocenters. The third-order valence-electron chi connectivity index (χ3n) is 3.52. The Hall–Kier alpha value is -2.89. The van der Waals surface area contributed by atoms with Gasteiger partial charge in [-0.3, -0.25) is 4.79 Å². The van der Waals surface area contributed by atoms with Gasteiger partial charge in [-0.15, -0.1) is 0 Å². The zero-order valence-corrected chi connectivity index (χ0v) is 12.5. The van der Waals surface area contributed by atoms with E-state index in [1.54, 1.807) is 30.2 Å². The first-order chi connectivity index (χ1) is 10.6. The van der Waals surface area contributed by atoms with Crippen LogP contribution in [0, 0.1) is 6.92 Å². The largest absolute Gasteiger partial charge is 0.345 e. The van der Waals surface area contributed by atoms with Crippen molar-refractivity contribution in [2.75, 3.05) is 0 Å². The number of imidazole rings is 2. The van der Waals surface area contributed by atoms with Gasteiger partial charge in [0.2, 0.25) is 0 Å². The fraction of sp³-hybridized carbons (Fsp3) is 0.188. The Morgan fingerprint density at radius 3 is 2.45 bits per heavy atom. The topological polar surface area (TPSA) is 64.7 Å². The molecular weight excluding hydrogens is 278 g/mol. The van der Waals surface area contributed by atoms with Crippen molar-refractivity contribution in [2.24, 2.45) is 7.05 Å². The number of aryl methyl sites for hydroxylation is 2. The molecule has 6 nitrogen and oxygen atoms in total. The second-order valence-corrected chi connectivity index (χ2v) is 5.06. The van der Waals surface area contributed by atoms with E-state index < -0.39 is 0 Å². The quantitative estimate of drug-likeness (QED) is 0.799. The van der Waals surface area contributed by atoms with E-state index in [0.717, 1.165) is 17.1 Å². The molecule has 0 aliphatic rings. The number of hydrogen-bond acceptors (Lipinski definition) is 3. The molecule has 0 fully saturated rings. The molecular formula is C16H17N5O. The summed E-state index contributed by atoms with van der Waals surface area (Å²) in [5.41, 5.74) is 2.08. The van der Waals surface area contributed by atoms with Crippen molar-refractivity contribution in [3.63, 3.8) is 0 Å². The Bertz CT molecular complexity index is 785. The smallest absolute Gasteiger partial charge is 0.287 e. The van der Waals surface area contributed by atoms with Crippen molar-refractivity contribution in [3.05, 3.63) is 66.3 Å². The molecule has 0 spiro atoms. The number of aromatic nitrogens is 4. The average Bonchev–Trinajstić information content (AvgIpc) is 3.14. The van der Waals surface area contributed by atoms with E-state index in [-0.39, 0.29) is 5.91 Å². The number of rotatable bonds is 4. The molecule has 0 saturated carbocycles. The fourth-order valence-electron chi connectivity index (χ4n) is 2.27. The number of hydrogen-bond donors (Lipinski definition) is 1. The first-order valence-electron chi connectivity index (χ1n) is 7.00. The lowest BCUT2D eigenvalue weighted by molar-refractivity contribution is 0.0937. The van der Waals surface area contributed by atoms with E-state index in [1.165, 1.54) is 0 Å². The van der Waals surface area contributed by atoms with E-state index in [4.69, 9.17) is 0 Å². The first kappa shape index (κ1) is 14.1. The number of carbonyl (C=O) groups is 1. The molecule has 112 valence electrons. The number of amides is 1. The molecule has 1 N–H and O–H groups in total. The Morgan fingerprint density at radius 1 is 1.14 bits per heavy atom. The Balaban J connectivity index is 1.66. The molecule has 2 heterocycles. The van der Waals surface area contributed by atoms with Crippen LogP contribution in [0.4, 0.5) is 0 Å². The third-order valence-corrected chi connectivity index (χ3v) is 3.52. The van der Waals surface area contributed by atoms with Crippen molar-refractivity contribution in [3.8, 4) is 5.69 Å². The normalized spacial score (nSPS) is 10.6. The number of nitrogens with zero attached hydrogens (tertiary/aromatic N) is 4. The molecule has 2 aromatic heterocycles. The van der Waals surface area contributed by atoms with Gasteiger partial charge in [0, 0.05) is 44.1 Å². The summed E-state index contributed by atoms with van der Waals surface area (Å²) in [6, 6.07) is 8.01. The van der Waals surface area contributed by atoms with Crippen LogP contribution in [0.2, 0.25) is 0 Å². The maximum Gasteiger partial charge on any atom is 0.287 e. The van der Waals surface area contributed by atoms with Crippen LogP contribution in [0.3, 0.4) is 0 Å². The Kier molecular flexibility index (Phi) is 3.74. The lowest BCUT2D eigenvalue weighted by Gasteiger charge is -2.08. The van der Waals surface area contributed by atoms with Crippen LogP contribution in [-0.2, 0) is 13.6 Å². The number of nitrogens with one attached hydrogen (secondary N) is 1. The molecule has 0 saturated heterocycles. The predicted molar refractivity (Wildman–Crippen MR) is 82.7 cm³/mol.